The average Bonchev–Trinajstić information content (AvgIpc) is 2.48. The maximum absolute atomic E-state index is 12.7. The summed E-state index contributed by atoms with van der Waals surface area (Å²) in [5.74, 6) is 0.856. The molecule has 0 radical (unpaired) electrons. The molecule has 3 nitrogen and oxygen atoms in total. The number of carbonyl (C=O) groups is 1. The highest BCUT2D eigenvalue weighted by Crippen LogP contribution is 2.32. The largest absolute Gasteiger partial charge is 0.493 e. The molecule has 0 heterocycles. The van der Waals surface area contributed by atoms with E-state index in [0.29, 0.717) is 32.7 Å². The standard InChI is InChI=1S/C16H14Cl2O3/c1-9-6-14(20-2)15(21-3)8-11(9)16(19)12-7-10(17)4-5-13(12)18/h4-8H,1-3H3. The zero-order valence-corrected chi connectivity index (χ0v) is 13.4. The van der Waals surface area contributed by atoms with Gasteiger partial charge < -0.3 is 9.47 Å². The van der Waals surface area contributed by atoms with Gasteiger partial charge in [0.25, 0.3) is 0 Å². The Bertz CT molecular complexity index is 696. The molecule has 0 aromatic heterocycles. The summed E-state index contributed by atoms with van der Waals surface area (Å²) in [6, 6.07) is 8.20. The predicted molar refractivity (Wildman–Crippen MR) is 84.2 cm³/mol. The molecule has 5 heteroatoms. The number of ether oxygens (including phenoxy) is 2. The zero-order chi connectivity index (χ0) is 15.6. The van der Waals surface area contributed by atoms with Crippen LogP contribution >= 0.6 is 23.2 Å². The molecule has 0 aliphatic carbocycles. The van der Waals surface area contributed by atoms with Crippen LogP contribution in [0.4, 0.5) is 0 Å². The lowest BCUT2D eigenvalue weighted by atomic mass is 9.98. The molecule has 0 saturated carbocycles. The lowest BCUT2D eigenvalue weighted by Gasteiger charge is -2.12. The van der Waals surface area contributed by atoms with E-state index >= 15 is 0 Å². The van der Waals surface area contributed by atoms with Gasteiger partial charge in [-0.1, -0.05) is 23.2 Å². The highest BCUT2D eigenvalue weighted by molar-refractivity contribution is 6.36. The monoisotopic (exact) mass is 324 g/mol. The predicted octanol–water partition coefficient (Wildman–Crippen LogP) is 4.55. The summed E-state index contributed by atoms with van der Waals surface area (Å²) in [7, 11) is 3.07. The van der Waals surface area contributed by atoms with E-state index in [1.807, 2.05) is 6.92 Å². The minimum absolute atomic E-state index is 0.207. The van der Waals surface area contributed by atoms with Crippen molar-refractivity contribution in [3.8, 4) is 11.5 Å². The number of ketones is 1. The van der Waals surface area contributed by atoms with Gasteiger partial charge in [0.15, 0.2) is 17.3 Å². The summed E-state index contributed by atoms with van der Waals surface area (Å²) < 4.78 is 10.5. The van der Waals surface area contributed by atoms with Crippen LogP contribution in [0.2, 0.25) is 10.0 Å². The molecule has 0 spiro atoms. The Morgan fingerprint density at radius 1 is 0.952 bits per heavy atom. The lowest BCUT2D eigenvalue weighted by Crippen LogP contribution is -2.06. The number of hydrogen-bond acceptors (Lipinski definition) is 3. The van der Waals surface area contributed by atoms with Gasteiger partial charge in [0.05, 0.1) is 19.2 Å². The fraction of sp³-hybridized carbons (Fsp3) is 0.188. The summed E-state index contributed by atoms with van der Waals surface area (Å²) in [5, 5.41) is 0.819. The number of methoxy groups -OCH3 is 2. The van der Waals surface area contributed by atoms with E-state index in [4.69, 9.17) is 32.7 Å². The van der Waals surface area contributed by atoms with Crippen molar-refractivity contribution in [2.45, 2.75) is 6.92 Å². The molecule has 0 amide bonds. The third kappa shape index (κ3) is 3.14. The first kappa shape index (κ1) is 15.7. The van der Waals surface area contributed by atoms with Crippen LogP contribution in [0.1, 0.15) is 21.5 Å². The Balaban J connectivity index is 2.55. The minimum atomic E-state index is -0.207. The van der Waals surface area contributed by atoms with Gasteiger partial charge in [-0.25, -0.2) is 0 Å². The lowest BCUT2D eigenvalue weighted by molar-refractivity contribution is 0.103. The third-order valence-corrected chi connectivity index (χ3v) is 3.71. The Kier molecular flexibility index (Phi) is 4.76. The Morgan fingerprint density at radius 2 is 1.57 bits per heavy atom. The van der Waals surface area contributed by atoms with E-state index in [9.17, 15) is 4.79 Å². The van der Waals surface area contributed by atoms with E-state index in [1.165, 1.54) is 7.11 Å². The van der Waals surface area contributed by atoms with Crippen LogP contribution in [0.5, 0.6) is 11.5 Å². The third-order valence-electron chi connectivity index (χ3n) is 3.15. The van der Waals surface area contributed by atoms with E-state index in [-0.39, 0.29) is 5.78 Å². The smallest absolute Gasteiger partial charge is 0.194 e. The van der Waals surface area contributed by atoms with Gasteiger partial charge >= 0.3 is 0 Å². The van der Waals surface area contributed by atoms with Crippen molar-refractivity contribution in [3.05, 3.63) is 57.1 Å². The molecular weight excluding hydrogens is 311 g/mol. The molecule has 0 bridgehead atoms. The number of aryl methyl sites for hydroxylation is 1. The summed E-state index contributed by atoms with van der Waals surface area (Å²) in [6.45, 7) is 1.83. The van der Waals surface area contributed by atoms with E-state index in [1.54, 1.807) is 37.4 Å². The molecule has 0 aliphatic rings. The maximum atomic E-state index is 12.7. The van der Waals surface area contributed by atoms with Gasteiger partial charge in [0, 0.05) is 16.1 Å². The second-order valence-electron chi connectivity index (χ2n) is 4.48. The van der Waals surface area contributed by atoms with E-state index < -0.39 is 0 Å². The highest BCUT2D eigenvalue weighted by atomic mass is 35.5. The van der Waals surface area contributed by atoms with Crippen molar-refractivity contribution in [2.75, 3.05) is 14.2 Å². The van der Waals surface area contributed by atoms with Crippen LogP contribution in [0.15, 0.2) is 30.3 Å². The second kappa shape index (κ2) is 6.37. The fourth-order valence-electron chi connectivity index (χ4n) is 2.04. The fourth-order valence-corrected chi connectivity index (χ4v) is 2.42. The molecule has 0 unspecified atom stereocenters. The second-order valence-corrected chi connectivity index (χ2v) is 5.32. The van der Waals surface area contributed by atoms with Gasteiger partial charge in [-0.3, -0.25) is 4.79 Å². The molecule has 2 aromatic carbocycles. The Hall–Kier alpha value is -1.71. The molecule has 0 fully saturated rings. The summed E-state index contributed by atoms with van der Waals surface area (Å²) in [6.07, 6.45) is 0. The molecule has 0 aliphatic heterocycles. The van der Waals surface area contributed by atoms with Crippen LogP contribution in [0.3, 0.4) is 0 Å². The molecule has 0 N–H and O–H groups in total. The molecule has 2 rings (SSSR count). The summed E-state index contributed by atoms with van der Waals surface area (Å²) >= 11 is 12.0. The average molecular weight is 325 g/mol. The quantitative estimate of drug-likeness (QED) is 0.774. The Morgan fingerprint density at radius 3 is 2.19 bits per heavy atom. The van der Waals surface area contributed by atoms with Crippen molar-refractivity contribution in [3.63, 3.8) is 0 Å². The van der Waals surface area contributed by atoms with Crippen LogP contribution in [-0.2, 0) is 0 Å². The maximum Gasteiger partial charge on any atom is 0.194 e. The number of rotatable bonds is 4. The summed E-state index contributed by atoms with van der Waals surface area (Å²) in [4.78, 5) is 12.7. The minimum Gasteiger partial charge on any atom is -0.493 e. The number of benzene rings is 2. The van der Waals surface area contributed by atoms with E-state index in [2.05, 4.69) is 0 Å². The number of hydrogen-bond donors (Lipinski definition) is 0. The molecule has 0 atom stereocenters. The van der Waals surface area contributed by atoms with Gasteiger partial charge in [-0.2, -0.15) is 0 Å². The molecular formula is C16H14Cl2O3. The number of halogens is 2. The number of carbonyl (C=O) groups excluding carboxylic acids is 1. The van der Waals surface area contributed by atoms with Crippen molar-refractivity contribution < 1.29 is 14.3 Å². The molecule has 2 aromatic rings. The Labute approximate surface area is 133 Å². The summed E-state index contributed by atoms with van der Waals surface area (Å²) in [5.41, 5.74) is 1.63. The van der Waals surface area contributed by atoms with Gasteiger partial charge in [0.1, 0.15) is 0 Å². The van der Waals surface area contributed by atoms with Gasteiger partial charge in [-0.15, -0.1) is 0 Å². The van der Waals surface area contributed by atoms with Crippen LogP contribution in [0, 0.1) is 6.92 Å². The topological polar surface area (TPSA) is 35.5 Å². The zero-order valence-electron chi connectivity index (χ0n) is 11.9. The first-order chi connectivity index (χ1) is 9.97. The van der Waals surface area contributed by atoms with Gasteiger partial charge in [0.2, 0.25) is 0 Å². The van der Waals surface area contributed by atoms with Crippen molar-refractivity contribution in [1.29, 1.82) is 0 Å². The molecule has 110 valence electrons. The SMILES string of the molecule is COc1cc(C)c(C(=O)c2cc(Cl)ccc2Cl)cc1OC. The first-order valence-electron chi connectivity index (χ1n) is 6.20. The van der Waals surface area contributed by atoms with Crippen LogP contribution in [-0.4, -0.2) is 20.0 Å². The normalized spacial score (nSPS) is 10.3. The van der Waals surface area contributed by atoms with Crippen molar-refractivity contribution in [2.24, 2.45) is 0 Å². The van der Waals surface area contributed by atoms with Gasteiger partial charge in [-0.05, 0) is 42.8 Å². The highest BCUT2D eigenvalue weighted by Gasteiger charge is 2.18. The molecule has 0 saturated heterocycles. The van der Waals surface area contributed by atoms with Crippen LogP contribution in [0.25, 0.3) is 0 Å². The molecule has 21 heavy (non-hydrogen) atoms. The van der Waals surface area contributed by atoms with Crippen LogP contribution < -0.4 is 9.47 Å². The van der Waals surface area contributed by atoms with Crippen molar-refractivity contribution >= 4 is 29.0 Å². The first-order valence-corrected chi connectivity index (χ1v) is 6.96. The van der Waals surface area contributed by atoms with E-state index in [0.717, 1.165) is 5.56 Å². The van der Waals surface area contributed by atoms with Crippen molar-refractivity contribution in [1.82, 2.24) is 0 Å².